The molecule has 1 aromatic rings. The van der Waals surface area contributed by atoms with Crippen LogP contribution in [-0.4, -0.2) is 72.1 Å². The lowest BCUT2D eigenvalue weighted by atomic mass is 9.95. The summed E-state index contributed by atoms with van der Waals surface area (Å²) in [5, 5.41) is 2.88. The molecule has 0 aromatic heterocycles. The zero-order valence-corrected chi connectivity index (χ0v) is 16.9. The first-order valence-electron chi connectivity index (χ1n) is 9.67. The van der Waals surface area contributed by atoms with Crippen LogP contribution >= 0.6 is 0 Å². The smallest absolute Gasteiger partial charge is 0.409 e. The van der Waals surface area contributed by atoms with Gasteiger partial charge in [0.25, 0.3) is 0 Å². The van der Waals surface area contributed by atoms with Gasteiger partial charge in [0.15, 0.2) is 0 Å². The predicted molar refractivity (Wildman–Crippen MR) is 106 cm³/mol. The van der Waals surface area contributed by atoms with Crippen molar-refractivity contribution in [1.29, 1.82) is 0 Å². The van der Waals surface area contributed by atoms with E-state index in [-0.39, 0.29) is 17.9 Å². The largest absolute Gasteiger partial charge is 0.450 e. The number of carbonyl (C=O) groups is 3. The number of rotatable bonds is 3. The van der Waals surface area contributed by atoms with Crippen LogP contribution in [0.5, 0.6) is 0 Å². The molecule has 0 bridgehead atoms. The van der Waals surface area contributed by atoms with Crippen molar-refractivity contribution in [3.05, 3.63) is 24.3 Å². The molecule has 8 heteroatoms. The predicted octanol–water partition coefficient (Wildman–Crippen LogP) is 1.91. The third-order valence-corrected chi connectivity index (χ3v) is 5.47. The summed E-state index contributed by atoms with van der Waals surface area (Å²) in [4.78, 5) is 43.2. The summed E-state index contributed by atoms with van der Waals surface area (Å²) < 4.78 is 5.05. The molecule has 0 unspecified atom stereocenters. The Balaban J connectivity index is 1.76. The van der Waals surface area contributed by atoms with Gasteiger partial charge in [-0.05, 0) is 39.8 Å². The molecule has 2 heterocycles. The fraction of sp³-hybridized carbons (Fsp3) is 0.550. The average Bonchev–Trinajstić information content (AvgIpc) is 2.68. The first-order valence-corrected chi connectivity index (χ1v) is 9.67. The Morgan fingerprint density at radius 2 is 1.82 bits per heavy atom. The Bertz CT molecular complexity index is 771. The lowest BCUT2D eigenvalue weighted by Crippen LogP contribution is -2.63. The van der Waals surface area contributed by atoms with Crippen LogP contribution in [0.3, 0.4) is 0 Å². The standard InChI is InChI=1S/C20H28N4O4/c1-5-28-19(27)23-12-10-22(11-13-23)14(2)17(25)24-16-9-7-6-8-15(16)21-18(26)20(24,3)4/h6-9,14H,5,10-13H2,1-4H3,(H,21,26)/t14-/m0/s1. The molecule has 0 spiro atoms. The second-order valence-electron chi connectivity index (χ2n) is 7.60. The van der Waals surface area contributed by atoms with Gasteiger partial charge in [-0.3, -0.25) is 19.4 Å². The Kier molecular flexibility index (Phi) is 5.60. The second-order valence-corrected chi connectivity index (χ2v) is 7.60. The van der Waals surface area contributed by atoms with E-state index in [0.717, 1.165) is 0 Å². The lowest BCUT2D eigenvalue weighted by Gasteiger charge is -2.45. The summed E-state index contributed by atoms with van der Waals surface area (Å²) in [6.07, 6.45) is -0.316. The number of ether oxygens (including phenoxy) is 1. The van der Waals surface area contributed by atoms with Gasteiger partial charge in [-0.25, -0.2) is 4.79 Å². The molecule has 1 N–H and O–H groups in total. The third-order valence-electron chi connectivity index (χ3n) is 5.47. The highest BCUT2D eigenvalue weighted by Crippen LogP contribution is 2.37. The maximum Gasteiger partial charge on any atom is 0.409 e. The quantitative estimate of drug-likeness (QED) is 0.855. The molecule has 2 aliphatic rings. The summed E-state index contributed by atoms with van der Waals surface area (Å²) in [7, 11) is 0. The van der Waals surface area contributed by atoms with Crippen LogP contribution in [0.25, 0.3) is 0 Å². The van der Waals surface area contributed by atoms with E-state index in [4.69, 9.17) is 4.74 Å². The SMILES string of the molecule is CCOC(=O)N1CCN([C@@H](C)C(=O)N2c3ccccc3NC(=O)C2(C)C)CC1. The molecule has 0 aliphatic carbocycles. The van der Waals surface area contributed by atoms with E-state index in [9.17, 15) is 14.4 Å². The van der Waals surface area contributed by atoms with Crippen molar-refractivity contribution in [2.45, 2.75) is 39.3 Å². The maximum atomic E-state index is 13.4. The van der Waals surface area contributed by atoms with Crippen LogP contribution in [0.15, 0.2) is 24.3 Å². The molecule has 1 atom stereocenters. The minimum Gasteiger partial charge on any atom is -0.450 e. The molecule has 28 heavy (non-hydrogen) atoms. The highest BCUT2D eigenvalue weighted by Gasteiger charge is 2.45. The number of amides is 3. The van der Waals surface area contributed by atoms with Crippen LogP contribution < -0.4 is 10.2 Å². The van der Waals surface area contributed by atoms with Gasteiger partial charge >= 0.3 is 6.09 Å². The van der Waals surface area contributed by atoms with Crippen molar-refractivity contribution in [1.82, 2.24) is 9.80 Å². The van der Waals surface area contributed by atoms with Crippen LogP contribution in [0, 0.1) is 0 Å². The molecular weight excluding hydrogens is 360 g/mol. The normalized spacial score (nSPS) is 20.2. The number of nitrogens with one attached hydrogen (secondary N) is 1. The summed E-state index contributed by atoms with van der Waals surface area (Å²) in [5.41, 5.74) is 0.348. The Morgan fingerprint density at radius 1 is 1.18 bits per heavy atom. The van der Waals surface area contributed by atoms with Gasteiger partial charge in [0.05, 0.1) is 24.0 Å². The Labute approximate surface area is 165 Å². The number of benzene rings is 1. The molecule has 1 saturated heterocycles. The molecule has 2 aliphatic heterocycles. The lowest BCUT2D eigenvalue weighted by molar-refractivity contribution is -0.129. The van der Waals surface area contributed by atoms with Gasteiger partial charge < -0.3 is 15.0 Å². The van der Waals surface area contributed by atoms with Crippen LogP contribution in [-0.2, 0) is 14.3 Å². The topological polar surface area (TPSA) is 82.2 Å². The number of nitrogens with zero attached hydrogens (tertiary/aromatic N) is 3. The number of hydrogen-bond acceptors (Lipinski definition) is 5. The molecular formula is C20H28N4O4. The van der Waals surface area contributed by atoms with Gasteiger partial charge in [0.1, 0.15) is 5.54 Å². The van der Waals surface area contributed by atoms with E-state index in [2.05, 4.69) is 5.32 Å². The van der Waals surface area contributed by atoms with Crippen molar-refractivity contribution in [3.63, 3.8) is 0 Å². The highest BCUT2D eigenvalue weighted by molar-refractivity contribution is 6.15. The molecule has 0 radical (unpaired) electrons. The number of piperazine rings is 1. The van der Waals surface area contributed by atoms with Gasteiger partial charge in [0, 0.05) is 26.2 Å². The Morgan fingerprint density at radius 3 is 2.46 bits per heavy atom. The van der Waals surface area contributed by atoms with E-state index in [0.29, 0.717) is 44.2 Å². The molecule has 3 rings (SSSR count). The fourth-order valence-corrected chi connectivity index (χ4v) is 3.70. The van der Waals surface area contributed by atoms with E-state index >= 15 is 0 Å². The van der Waals surface area contributed by atoms with Crippen molar-refractivity contribution >= 4 is 29.3 Å². The zero-order chi connectivity index (χ0) is 20.5. The zero-order valence-electron chi connectivity index (χ0n) is 16.9. The Hall–Kier alpha value is -2.61. The first-order chi connectivity index (χ1) is 13.3. The monoisotopic (exact) mass is 388 g/mol. The highest BCUT2D eigenvalue weighted by atomic mass is 16.6. The molecule has 152 valence electrons. The molecule has 8 nitrogen and oxygen atoms in total. The number of fused-ring (bicyclic) bond motifs is 1. The van der Waals surface area contributed by atoms with Crippen LogP contribution in [0.1, 0.15) is 27.7 Å². The average molecular weight is 388 g/mol. The minimum absolute atomic E-state index is 0.128. The van der Waals surface area contributed by atoms with Crippen LogP contribution in [0.4, 0.5) is 16.2 Å². The van der Waals surface area contributed by atoms with E-state index in [1.807, 2.05) is 30.0 Å². The summed E-state index contributed by atoms with van der Waals surface area (Å²) >= 11 is 0. The molecule has 1 fully saturated rings. The van der Waals surface area contributed by atoms with Crippen molar-refractivity contribution in [2.24, 2.45) is 0 Å². The second kappa shape index (κ2) is 7.79. The number of anilines is 2. The van der Waals surface area contributed by atoms with Crippen molar-refractivity contribution in [2.75, 3.05) is 43.0 Å². The molecule has 1 aromatic carbocycles. The van der Waals surface area contributed by atoms with Gasteiger partial charge in [-0.1, -0.05) is 12.1 Å². The van der Waals surface area contributed by atoms with Gasteiger partial charge in [-0.15, -0.1) is 0 Å². The number of hydrogen-bond donors (Lipinski definition) is 1. The van der Waals surface area contributed by atoms with Gasteiger partial charge in [-0.2, -0.15) is 0 Å². The van der Waals surface area contributed by atoms with Gasteiger partial charge in [0.2, 0.25) is 11.8 Å². The van der Waals surface area contributed by atoms with Crippen molar-refractivity contribution < 1.29 is 19.1 Å². The van der Waals surface area contributed by atoms with E-state index in [1.165, 1.54) is 0 Å². The molecule has 3 amide bonds. The maximum absolute atomic E-state index is 13.4. The van der Waals surface area contributed by atoms with Crippen LogP contribution in [0.2, 0.25) is 0 Å². The van der Waals surface area contributed by atoms with E-state index in [1.54, 1.807) is 36.6 Å². The summed E-state index contributed by atoms with van der Waals surface area (Å²) in [6, 6.07) is 6.92. The van der Waals surface area contributed by atoms with Crippen molar-refractivity contribution in [3.8, 4) is 0 Å². The fourth-order valence-electron chi connectivity index (χ4n) is 3.70. The number of para-hydroxylation sites is 2. The van der Waals surface area contributed by atoms with E-state index < -0.39 is 11.6 Å². The summed E-state index contributed by atoms with van der Waals surface area (Å²) in [6.45, 7) is 9.66. The molecule has 0 saturated carbocycles. The third kappa shape index (κ3) is 3.56. The minimum atomic E-state index is -0.994. The summed E-state index contributed by atoms with van der Waals surface area (Å²) in [5.74, 6) is -0.337. The first kappa shape index (κ1) is 20.1. The number of carbonyl (C=O) groups excluding carboxylic acids is 3.